The van der Waals surface area contributed by atoms with Gasteiger partial charge in [-0.3, -0.25) is 4.79 Å². The van der Waals surface area contributed by atoms with Crippen LogP contribution in [0.1, 0.15) is 41.6 Å². The van der Waals surface area contributed by atoms with E-state index < -0.39 is 0 Å². The van der Waals surface area contributed by atoms with Crippen LogP contribution >= 0.6 is 0 Å². The Kier molecular flexibility index (Phi) is 5.26. The van der Waals surface area contributed by atoms with Gasteiger partial charge in [0.1, 0.15) is 23.2 Å². The summed E-state index contributed by atoms with van der Waals surface area (Å²) >= 11 is 0. The number of halogens is 1. The lowest BCUT2D eigenvalue weighted by Crippen LogP contribution is -2.39. The van der Waals surface area contributed by atoms with Gasteiger partial charge in [-0.2, -0.15) is 0 Å². The predicted octanol–water partition coefficient (Wildman–Crippen LogP) is 3.41. The number of hydrogen-bond donors (Lipinski definition) is 1. The molecule has 5 nitrogen and oxygen atoms in total. The van der Waals surface area contributed by atoms with Gasteiger partial charge >= 0.3 is 0 Å². The molecule has 0 aliphatic carbocycles. The molecular weight excluding hydrogens is 319 g/mol. The highest BCUT2D eigenvalue weighted by Crippen LogP contribution is 2.18. The smallest absolute Gasteiger partial charge is 0.272 e. The number of carbonyl (C=O) groups is 1. The number of amides is 1. The van der Waals surface area contributed by atoms with Crippen LogP contribution in [0.25, 0.3) is 0 Å². The molecule has 1 fully saturated rings. The topological polar surface area (TPSA) is 58.1 Å². The Labute approximate surface area is 147 Å². The summed E-state index contributed by atoms with van der Waals surface area (Å²) in [7, 11) is 0. The second kappa shape index (κ2) is 7.59. The highest BCUT2D eigenvalue weighted by Gasteiger charge is 2.23. The van der Waals surface area contributed by atoms with Gasteiger partial charge in [-0.25, -0.2) is 14.4 Å². The van der Waals surface area contributed by atoms with Crippen LogP contribution in [0.2, 0.25) is 0 Å². The molecule has 1 aromatic heterocycles. The first kappa shape index (κ1) is 17.3. The van der Waals surface area contributed by atoms with Crippen molar-refractivity contribution in [1.29, 1.82) is 0 Å². The average molecular weight is 342 g/mol. The van der Waals surface area contributed by atoms with Crippen molar-refractivity contribution in [3.8, 4) is 0 Å². The summed E-state index contributed by atoms with van der Waals surface area (Å²) in [6.45, 7) is 6.01. The van der Waals surface area contributed by atoms with Gasteiger partial charge < -0.3 is 10.2 Å². The molecule has 0 bridgehead atoms. The van der Waals surface area contributed by atoms with E-state index in [1.54, 1.807) is 25.1 Å². The molecule has 1 aliphatic heterocycles. The highest BCUT2D eigenvalue weighted by atomic mass is 19.1. The van der Waals surface area contributed by atoms with Gasteiger partial charge in [-0.15, -0.1) is 0 Å². The van der Waals surface area contributed by atoms with E-state index in [1.165, 1.54) is 12.1 Å². The van der Waals surface area contributed by atoms with Crippen molar-refractivity contribution in [3.05, 3.63) is 53.2 Å². The standard InChI is InChI=1S/C19H23FN4O/c1-13-4-3-9-24(12-13)19(25)17-10-18(23-14(2)22-17)21-11-15-5-7-16(20)8-6-15/h5-8,10,13H,3-4,9,11-12H2,1-2H3,(H,21,22,23). The number of hydrogen-bond acceptors (Lipinski definition) is 4. The molecule has 0 spiro atoms. The maximum absolute atomic E-state index is 13.0. The van der Waals surface area contributed by atoms with Gasteiger partial charge in [0.05, 0.1) is 0 Å². The Bertz CT molecular complexity index is 748. The van der Waals surface area contributed by atoms with Gasteiger partial charge in [0.25, 0.3) is 5.91 Å². The van der Waals surface area contributed by atoms with E-state index in [2.05, 4.69) is 22.2 Å². The summed E-state index contributed by atoms with van der Waals surface area (Å²) < 4.78 is 13.0. The Balaban J connectivity index is 1.71. The van der Waals surface area contributed by atoms with Crippen molar-refractivity contribution in [1.82, 2.24) is 14.9 Å². The fourth-order valence-electron chi connectivity index (χ4n) is 3.10. The molecule has 0 radical (unpaired) electrons. The van der Waals surface area contributed by atoms with Crippen molar-refractivity contribution in [2.45, 2.75) is 33.2 Å². The highest BCUT2D eigenvalue weighted by molar-refractivity contribution is 5.93. The van der Waals surface area contributed by atoms with Crippen molar-refractivity contribution in [3.63, 3.8) is 0 Å². The van der Waals surface area contributed by atoms with E-state index in [1.807, 2.05) is 4.90 Å². The summed E-state index contributed by atoms with van der Waals surface area (Å²) in [5.41, 5.74) is 1.36. The maximum Gasteiger partial charge on any atom is 0.272 e. The molecule has 3 rings (SSSR count). The Morgan fingerprint density at radius 1 is 1.32 bits per heavy atom. The van der Waals surface area contributed by atoms with E-state index >= 15 is 0 Å². The van der Waals surface area contributed by atoms with Crippen LogP contribution in [0.5, 0.6) is 0 Å². The zero-order chi connectivity index (χ0) is 17.8. The summed E-state index contributed by atoms with van der Waals surface area (Å²) in [5, 5.41) is 3.18. The molecule has 1 saturated heterocycles. The number of rotatable bonds is 4. The third-order valence-corrected chi connectivity index (χ3v) is 4.39. The van der Waals surface area contributed by atoms with Gasteiger partial charge in [0.15, 0.2) is 0 Å². The first-order valence-electron chi connectivity index (χ1n) is 8.64. The van der Waals surface area contributed by atoms with Gasteiger partial charge in [-0.05, 0) is 43.4 Å². The largest absolute Gasteiger partial charge is 0.366 e. The van der Waals surface area contributed by atoms with Gasteiger partial charge in [-0.1, -0.05) is 19.1 Å². The predicted molar refractivity (Wildman–Crippen MR) is 94.8 cm³/mol. The number of aromatic nitrogens is 2. The van der Waals surface area contributed by atoms with Crippen molar-refractivity contribution in [2.24, 2.45) is 5.92 Å². The zero-order valence-electron chi connectivity index (χ0n) is 14.6. The van der Waals surface area contributed by atoms with Crippen molar-refractivity contribution >= 4 is 11.7 Å². The maximum atomic E-state index is 13.0. The molecule has 1 N–H and O–H groups in total. The molecule has 1 amide bonds. The van der Waals surface area contributed by atoms with Crippen LogP contribution in [0.15, 0.2) is 30.3 Å². The fraction of sp³-hybridized carbons (Fsp3) is 0.421. The SMILES string of the molecule is Cc1nc(NCc2ccc(F)cc2)cc(C(=O)N2CCCC(C)C2)n1. The first-order chi connectivity index (χ1) is 12.0. The number of piperidine rings is 1. The minimum absolute atomic E-state index is 0.0399. The lowest BCUT2D eigenvalue weighted by molar-refractivity contribution is 0.0676. The van der Waals surface area contributed by atoms with Crippen LogP contribution < -0.4 is 5.32 Å². The van der Waals surface area contributed by atoms with E-state index in [-0.39, 0.29) is 11.7 Å². The van der Waals surface area contributed by atoms with Gasteiger partial charge in [0.2, 0.25) is 0 Å². The summed E-state index contributed by atoms with van der Waals surface area (Å²) in [5.74, 6) is 1.38. The number of aryl methyl sites for hydroxylation is 1. The van der Waals surface area contributed by atoms with Crippen LogP contribution in [0.4, 0.5) is 10.2 Å². The Morgan fingerprint density at radius 3 is 2.80 bits per heavy atom. The van der Waals surface area contributed by atoms with Crippen LogP contribution in [0, 0.1) is 18.7 Å². The number of nitrogens with zero attached hydrogens (tertiary/aromatic N) is 3. The molecular formula is C19H23FN4O. The minimum Gasteiger partial charge on any atom is -0.366 e. The van der Waals surface area contributed by atoms with Crippen molar-refractivity contribution < 1.29 is 9.18 Å². The van der Waals surface area contributed by atoms with E-state index in [9.17, 15) is 9.18 Å². The molecule has 0 saturated carbocycles. The zero-order valence-corrected chi connectivity index (χ0v) is 14.6. The van der Waals surface area contributed by atoms with Crippen LogP contribution in [-0.2, 0) is 6.54 Å². The summed E-state index contributed by atoms with van der Waals surface area (Å²) in [6, 6.07) is 7.98. The van der Waals surface area contributed by atoms with E-state index in [0.717, 1.165) is 31.5 Å². The van der Waals surface area contributed by atoms with Crippen molar-refractivity contribution in [2.75, 3.05) is 18.4 Å². The lowest BCUT2D eigenvalue weighted by atomic mass is 10.00. The molecule has 1 aromatic carbocycles. The van der Waals surface area contributed by atoms with Crippen LogP contribution in [-0.4, -0.2) is 33.9 Å². The monoisotopic (exact) mass is 342 g/mol. The third-order valence-electron chi connectivity index (χ3n) is 4.39. The fourth-order valence-corrected chi connectivity index (χ4v) is 3.10. The normalized spacial score (nSPS) is 17.4. The number of benzene rings is 1. The second-order valence-corrected chi connectivity index (χ2v) is 6.66. The summed E-state index contributed by atoms with van der Waals surface area (Å²) in [4.78, 5) is 23.3. The number of nitrogens with one attached hydrogen (secondary N) is 1. The van der Waals surface area contributed by atoms with E-state index in [4.69, 9.17) is 0 Å². The number of carbonyl (C=O) groups excluding carboxylic acids is 1. The molecule has 25 heavy (non-hydrogen) atoms. The van der Waals surface area contributed by atoms with Crippen LogP contribution in [0.3, 0.4) is 0 Å². The van der Waals surface area contributed by atoms with E-state index in [0.29, 0.717) is 29.8 Å². The molecule has 2 aromatic rings. The van der Waals surface area contributed by atoms with Gasteiger partial charge in [0, 0.05) is 25.7 Å². The molecule has 2 heterocycles. The molecule has 1 aliphatic rings. The Hall–Kier alpha value is -2.50. The number of likely N-dealkylation sites (tertiary alicyclic amines) is 1. The average Bonchev–Trinajstić information content (AvgIpc) is 2.60. The minimum atomic E-state index is -0.259. The lowest BCUT2D eigenvalue weighted by Gasteiger charge is -2.30. The molecule has 1 atom stereocenters. The second-order valence-electron chi connectivity index (χ2n) is 6.66. The quantitative estimate of drug-likeness (QED) is 0.925. The number of anilines is 1. The summed E-state index contributed by atoms with van der Waals surface area (Å²) in [6.07, 6.45) is 2.20. The first-order valence-corrected chi connectivity index (χ1v) is 8.64. The molecule has 1 unspecified atom stereocenters. The molecule has 6 heteroatoms. The third kappa shape index (κ3) is 4.53. The Morgan fingerprint density at radius 2 is 2.08 bits per heavy atom. The molecule has 132 valence electrons.